The number of hydrogen-bond donors (Lipinski definition) is 3. The predicted molar refractivity (Wildman–Crippen MR) is 70.8 cm³/mol. The van der Waals surface area contributed by atoms with Gasteiger partial charge in [-0.3, -0.25) is 0 Å². The van der Waals surface area contributed by atoms with Crippen LogP contribution in [-0.4, -0.2) is 39.3 Å². The van der Waals surface area contributed by atoms with Crippen molar-refractivity contribution in [2.45, 2.75) is 20.0 Å². The molecular formula is C14H14O7. The highest BCUT2D eigenvalue weighted by atomic mass is 16.6. The van der Waals surface area contributed by atoms with Crippen LogP contribution in [0.5, 0.6) is 0 Å². The number of esters is 2. The van der Waals surface area contributed by atoms with Gasteiger partial charge in [0.05, 0.1) is 11.1 Å². The molecule has 0 aliphatic rings. The zero-order chi connectivity index (χ0) is 16.2. The highest BCUT2D eigenvalue weighted by Crippen LogP contribution is 2.12. The molecule has 0 heterocycles. The summed E-state index contributed by atoms with van der Waals surface area (Å²) in [6, 6.07) is 5.16. The highest BCUT2D eigenvalue weighted by Gasteiger charge is 2.27. The first-order chi connectivity index (χ1) is 9.75. The molecule has 7 nitrogen and oxygen atoms in total. The Bertz CT molecular complexity index is 612. The Labute approximate surface area is 120 Å². The van der Waals surface area contributed by atoms with Crippen LogP contribution in [0.2, 0.25) is 0 Å². The van der Waals surface area contributed by atoms with Gasteiger partial charge in [-0.15, -0.1) is 0 Å². The number of aliphatic hydroxyl groups excluding tert-OH is 2. The lowest BCUT2D eigenvalue weighted by atomic mass is 10.1. The quantitative estimate of drug-likeness (QED) is 0.434. The third-order valence-corrected chi connectivity index (χ3v) is 2.57. The summed E-state index contributed by atoms with van der Waals surface area (Å²) in [5, 5.41) is 27.8. The lowest BCUT2D eigenvalue weighted by molar-refractivity contribution is -0.146. The number of rotatable bonds is 4. The molecule has 1 unspecified atom stereocenters. The number of carbonyl (C=O) groups excluding carboxylic acids is 2. The van der Waals surface area contributed by atoms with E-state index in [1.165, 1.54) is 38.1 Å². The van der Waals surface area contributed by atoms with E-state index >= 15 is 0 Å². The molecule has 0 fully saturated rings. The standard InChI is InChI=1S/C14H14O7/c1-7(2)10(15)11(16)14(20)21-13(19)9-6-4-3-5-8(9)12(17)18/h3-6,11,15-16H,1-2H3,(H,17,18). The first-order valence-electron chi connectivity index (χ1n) is 5.88. The molecule has 3 N–H and O–H groups in total. The zero-order valence-corrected chi connectivity index (χ0v) is 11.4. The van der Waals surface area contributed by atoms with E-state index < -0.39 is 29.8 Å². The second-order valence-corrected chi connectivity index (χ2v) is 4.35. The van der Waals surface area contributed by atoms with E-state index in [0.29, 0.717) is 0 Å². The molecule has 0 radical (unpaired) electrons. The van der Waals surface area contributed by atoms with Gasteiger partial charge in [-0.05, 0) is 31.6 Å². The Balaban J connectivity index is 2.95. The van der Waals surface area contributed by atoms with E-state index in [0.717, 1.165) is 0 Å². The van der Waals surface area contributed by atoms with Crippen molar-refractivity contribution in [2.75, 3.05) is 0 Å². The fourth-order valence-corrected chi connectivity index (χ4v) is 1.43. The summed E-state index contributed by atoms with van der Waals surface area (Å²) in [6.45, 7) is 2.90. The van der Waals surface area contributed by atoms with Crippen LogP contribution >= 0.6 is 0 Å². The predicted octanol–water partition coefficient (Wildman–Crippen LogP) is 1.28. The number of carbonyl (C=O) groups is 3. The molecule has 0 aromatic heterocycles. The third kappa shape index (κ3) is 3.90. The van der Waals surface area contributed by atoms with Gasteiger partial charge in [-0.2, -0.15) is 0 Å². The Morgan fingerprint density at radius 1 is 1.05 bits per heavy atom. The molecule has 1 rings (SSSR count). The van der Waals surface area contributed by atoms with Crippen molar-refractivity contribution >= 4 is 17.9 Å². The normalized spacial score (nSPS) is 11.4. The van der Waals surface area contributed by atoms with Crippen molar-refractivity contribution in [3.8, 4) is 0 Å². The number of allylic oxidation sites excluding steroid dienone is 1. The fourth-order valence-electron chi connectivity index (χ4n) is 1.43. The van der Waals surface area contributed by atoms with Crippen LogP contribution in [0.25, 0.3) is 0 Å². The molecule has 0 aliphatic carbocycles. The second-order valence-electron chi connectivity index (χ2n) is 4.35. The monoisotopic (exact) mass is 294 g/mol. The molecule has 21 heavy (non-hydrogen) atoms. The van der Waals surface area contributed by atoms with Crippen LogP contribution in [0.1, 0.15) is 34.6 Å². The summed E-state index contributed by atoms with van der Waals surface area (Å²) in [5.74, 6) is -4.60. The average molecular weight is 294 g/mol. The van der Waals surface area contributed by atoms with Crippen LogP contribution < -0.4 is 0 Å². The van der Waals surface area contributed by atoms with E-state index in [4.69, 9.17) is 5.11 Å². The van der Waals surface area contributed by atoms with Gasteiger partial charge in [0.1, 0.15) is 5.76 Å². The molecule has 112 valence electrons. The van der Waals surface area contributed by atoms with Crippen LogP contribution in [0.4, 0.5) is 0 Å². The fraction of sp³-hybridized carbons (Fsp3) is 0.214. The highest BCUT2D eigenvalue weighted by molar-refractivity contribution is 6.05. The maximum atomic E-state index is 11.8. The van der Waals surface area contributed by atoms with E-state index in [1.54, 1.807) is 0 Å². The van der Waals surface area contributed by atoms with Gasteiger partial charge in [-0.25, -0.2) is 14.4 Å². The summed E-state index contributed by atoms with van der Waals surface area (Å²) in [4.78, 5) is 34.2. The van der Waals surface area contributed by atoms with Gasteiger partial charge in [0.25, 0.3) is 0 Å². The molecule has 0 aliphatic heterocycles. The number of benzene rings is 1. The van der Waals surface area contributed by atoms with E-state index in [-0.39, 0.29) is 16.7 Å². The maximum absolute atomic E-state index is 11.8. The third-order valence-electron chi connectivity index (χ3n) is 2.57. The van der Waals surface area contributed by atoms with Gasteiger partial charge in [-0.1, -0.05) is 12.1 Å². The molecule has 0 spiro atoms. The van der Waals surface area contributed by atoms with Gasteiger partial charge < -0.3 is 20.1 Å². The molecule has 7 heteroatoms. The van der Waals surface area contributed by atoms with Gasteiger partial charge in [0.15, 0.2) is 0 Å². The van der Waals surface area contributed by atoms with E-state index in [9.17, 15) is 24.6 Å². The van der Waals surface area contributed by atoms with Crippen LogP contribution in [0.15, 0.2) is 35.6 Å². The van der Waals surface area contributed by atoms with Crippen molar-refractivity contribution in [3.63, 3.8) is 0 Å². The summed E-state index contributed by atoms with van der Waals surface area (Å²) >= 11 is 0. The maximum Gasteiger partial charge on any atom is 0.350 e. The van der Waals surface area contributed by atoms with Crippen molar-refractivity contribution in [3.05, 3.63) is 46.7 Å². The molecule has 0 saturated carbocycles. The molecule has 0 amide bonds. The average Bonchev–Trinajstić information content (AvgIpc) is 2.45. The number of aliphatic hydroxyl groups is 2. The number of ether oxygens (including phenoxy) is 1. The molecule has 1 aromatic carbocycles. The first-order valence-corrected chi connectivity index (χ1v) is 5.88. The Morgan fingerprint density at radius 3 is 2.05 bits per heavy atom. The molecule has 0 saturated heterocycles. The summed E-state index contributed by atoms with van der Waals surface area (Å²) in [7, 11) is 0. The van der Waals surface area contributed by atoms with Crippen molar-refractivity contribution in [1.82, 2.24) is 0 Å². The van der Waals surface area contributed by atoms with Crippen molar-refractivity contribution in [2.24, 2.45) is 0 Å². The molecular weight excluding hydrogens is 280 g/mol. The zero-order valence-electron chi connectivity index (χ0n) is 11.4. The SMILES string of the molecule is CC(C)=C(O)C(O)C(=O)OC(=O)c1ccccc1C(=O)O. The van der Waals surface area contributed by atoms with Crippen LogP contribution in [0, 0.1) is 0 Å². The Morgan fingerprint density at radius 2 is 1.57 bits per heavy atom. The largest absolute Gasteiger partial charge is 0.509 e. The Kier molecular flexibility index (Phi) is 5.20. The number of carboxylic acid groups (broad SMARTS) is 1. The topological polar surface area (TPSA) is 121 Å². The number of hydrogen-bond acceptors (Lipinski definition) is 6. The number of aromatic carboxylic acids is 1. The van der Waals surface area contributed by atoms with E-state index in [2.05, 4.69) is 4.74 Å². The molecule has 0 bridgehead atoms. The molecule has 1 aromatic rings. The number of carboxylic acids is 1. The minimum absolute atomic E-state index is 0.276. The van der Waals surface area contributed by atoms with E-state index in [1.807, 2.05) is 0 Å². The van der Waals surface area contributed by atoms with Crippen molar-refractivity contribution < 1.29 is 34.4 Å². The smallest absolute Gasteiger partial charge is 0.350 e. The minimum atomic E-state index is -2.00. The summed E-state index contributed by atoms with van der Waals surface area (Å²) in [6.07, 6.45) is -2.00. The van der Waals surface area contributed by atoms with Gasteiger partial charge in [0, 0.05) is 0 Å². The Hall–Kier alpha value is -2.67. The summed E-state index contributed by atoms with van der Waals surface area (Å²) < 4.78 is 4.38. The lowest BCUT2D eigenvalue weighted by Crippen LogP contribution is -2.28. The van der Waals surface area contributed by atoms with Crippen LogP contribution in [-0.2, 0) is 9.53 Å². The first kappa shape index (κ1) is 16.4. The lowest BCUT2D eigenvalue weighted by Gasteiger charge is -2.11. The van der Waals surface area contributed by atoms with Crippen LogP contribution in [0.3, 0.4) is 0 Å². The summed E-state index contributed by atoms with van der Waals surface area (Å²) in [5.41, 5.74) is -0.392. The van der Waals surface area contributed by atoms with Gasteiger partial charge >= 0.3 is 17.9 Å². The van der Waals surface area contributed by atoms with Gasteiger partial charge in [0.2, 0.25) is 6.10 Å². The van der Waals surface area contributed by atoms with Crippen molar-refractivity contribution in [1.29, 1.82) is 0 Å². The molecule has 1 atom stereocenters. The minimum Gasteiger partial charge on any atom is -0.509 e. The second kappa shape index (κ2) is 6.67.